The highest BCUT2D eigenvalue weighted by Crippen LogP contribution is 2.31. The molecule has 1 N–H and O–H groups in total. The number of sulfonamides is 1. The van der Waals surface area contributed by atoms with E-state index in [0.717, 1.165) is 16.7 Å². The highest BCUT2D eigenvalue weighted by atomic mass is 32.2. The smallest absolute Gasteiger partial charge is 0.265 e. The molecular weight excluding hydrogens is 414 g/mol. The van der Waals surface area contributed by atoms with Crippen molar-refractivity contribution in [1.29, 1.82) is 0 Å². The monoisotopic (exact) mass is 439 g/mol. The van der Waals surface area contributed by atoms with Crippen molar-refractivity contribution in [2.45, 2.75) is 38.1 Å². The van der Waals surface area contributed by atoms with E-state index in [1.54, 1.807) is 33.1 Å². The summed E-state index contributed by atoms with van der Waals surface area (Å²) in [5.41, 5.74) is 3.92. The highest BCUT2D eigenvalue weighted by molar-refractivity contribution is 7.89. The van der Waals surface area contributed by atoms with Gasteiger partial charge in [-0.2, -0.15) is 12.7 Å². The maximum Gasteiger partial charge on any atom is 0.265 e. The van der Waals surface area contributed by atoms with E-state index < -0.39 is 20.1 Å². The minimum atomic E-state index is -4.05. The van der Waals surface area contributed by atoms with Crippen molar-refractivity contribution in [3.63, 3.8) is 0 Å². The lowest BCUT2D eigenvalue weighted by Gasteiger charge is -2.29. The van der Waals surface area contributed by atoms with E-state index in [2.05, 4.69) is 0 Å². The second kappa shape index (κ2) is 8.06. The minimum absolute atomic E-state index is 0.176. The van der Waals surface area contributed by atoms with Gasteiger partial charge in [-0.05, 0) is 66.6 Å². The topological polar surface area (TPSA) is 101 Å². The molecule has 2 aromatic carbocycles. The zero-order chi connectivity index (χ0) is 21.4. The molecule has 0 saturated heterocycles. The Hall–Kier alpha value is -1.94. The largest absolute Gasteiger partial charge is 0.497 e. The molecule has 3 rings (SSSR count). The summed E-state index contributed by atoms with van der Waals surface area (Å²) in [5, 5.41) is 0. The Labute approximate surface area is 172 Å². The van der Waals surface area contributed by atoms with Crippen LogP contribution >= 0.6 is 0 Å². The standard InChI is InChI=1S/C20H25NO6S2/c1-14-10-19(27-3)11-15(2)20(14)29(25,26)21-8-6-17-5-4-16(12-18(17)13-21)7-9-28(22,23)24/h4-5,10-12H,6-9,13H2,1-3H3,(H,22,23,24). The van der Waals surface area contributed by atoms with E-state index in [4.69, 9.17) is 9.29 Å². The predicted octanol–water partition coefficient (Wildman–Crippen LogP) is 2.49. The van der Waals surface area contributed by atoms with Crippen molar-refractivity contribution in [2.75, 3.05) is 19.4 Å². The van der Waals surface area contributed by atoms with Crippen molar-refractivity contribution in [1.82, 2.24) is 4.31 Å². The van der Waals surface area contributed by atoms with Gasteiger partial charge >= 0.3 is 0 Å². The van der Waals surface area contributed by atoms with Crippen LogP contribution in [0.1, 0.15) is 27.8 Å². The lowest BCUT2D eigenvalue weighted by Crippen LogP contribution is -2.36. The van der Waals surface area contributed by atoms with Gasteiger partial charge in [0.2, 0.25) is 10.0 Å². The summed E-state index contributed by atoms with van der Waals surface area (Å²) in [6.07, 6.45) is 0.761. The molecule has 0 saturated carbocycles. The van der Waals surface area contributed by atoms with Crippen LogP contribution in [0.25, 0.3) is 0 Å². The summed E-state index contributed by atoms with van der Waals surface area (Å²) in [6, 6.07) is 8.99. The molecule has 7 nitrogen and oxygen atoms in total. The van der Waals surface area contributed by atoms with Gasteiger partial charge in [0.15, 0.2) is 0 Å². The fraction of sp³-hybridized carbons (Fsp3) is 0.400. The molecule has 1 aliphatic rings. The van der Waals surface area contributed by atoms with Crippen LogP contribution in [0.15, 0.2) is 35.2 Å². The fourth-order valence-electron chi connectivity index (χ4n) is 3.76. The number of ether oxygens (including phenoxy) is 1. The van der Waals surface area contributed by atoms with Crippen LogP contribution in [0.2, 0.25) is 0 Å². The summed E-state index contributed by atoms with van der Waals surface area (Å²) in [7, 11) is -6.20. The molecule has 9 heteroatoms. The molecular formula is C20H25NO6S2. The zero-order valence-electron chi connectivity index (χ0n) is 16.7. The average Bonchev–Trinajstić information content (AvgIpc) is 2.64. The number of aryl methyl sites for hydroxylation is 3. The molecule has 0 bridgehead atoms. The van der Waals surface area contributed by atoms with E-state index >= 15 is 0 Å². The van der Waals surface area contributed by atoms with Crippen molar-refractivity contribution < 1.29 is 26.1 Å². The normalized spacial score (nSPS) is 15.2. The second-order valence-electron chi connectivity index (χ2n) is 7.32. The van der Waals surface area contributed by atoms with E-state index in [1.165, 1.54) is 4.31 Å². The average molecular weight is 440 g/mol. The number of methoxy groups -OCH3 is 1. The molecule has 29 heavy (non-hydrogen) atoms. The van der Waals surface area contributed by atoms with Gasteiger partial charge in [-0.3, -0.25) is 4.55 Å². The molecule has 0 radical (unpaired) electrons. The number of nitrogens with zero attached hydrogens (tertiary/aromatic N) is 1. The van der Waals surface area contributed by atoms with Gasteiger partial charge in [0, 0.05) is 13.1 Å². The van der Waals surface area contributed by atoms with Crippen LogP contribution in [0.5, 0.6) is 5.75 Å². The molecule has 0 fully saturated rings. The number of benzene rings is 2. The number of hydrogen-bond acceptors (Lipinski definition) is 5. The first kappa shape index (κ1) is 21.8. The summed E-state index contributed by atoms with van der Waals surface area (Å²) in [4.78, 5) is 0.296. The van der Waals surface area contributed by atoms with Crippen molar-refractivity contribution >= 4 is 20.1 Å². The Bertz CT molecular complexity index is 1120. The van der Waals surface area contributed by atoms with Crippen molar-refractivity contribution in [3.05, 3.63) is 58.1 Å². The van der Waals surface area contributed by atoms with Gasteiger partial charge in [0.25, 0.3) is 10.1 Å². The first-order valence-corrected chi connectivity index (χ1v) is 12.3. The lowest BCUT2D eigenvalue weighted by atomic mass is 9.98. The maximum absolute atomic E-state index is 13.4. The van der Waals surface area contributed by atoms with Crippen LogP contribution in [-0.2, 0) is 39.5 Å². The summed E-state index contributed by atoms with van der Waals surface area (Å²) in [6.45, 7) is 4.12. The Balaban J connectivity index is 1.90. The molecule has 1 aliphatic heterocycles. The molecule has 0 aliphatic carbocycles. The van der Waals surface area contributed by atoms with E-state index in [9.17, 15) is 16.8 Å². The molecule has 0 aromatic heterocycles. The Morgan fingerprint density at radius 1 is 1.03 bits per heavy atom. The van der Waals surface area contributed by atoms with E-state index in [-0.39, 0.29) is 18.7 Å². The first-order chi connectivity index (χ1) is 13.5. The molecule has 2 aromatic rings. The fourth-order valence-corrected chi connectivity index (χ4v) is 6.08. The summed E-state index contributed by atoms with van der Waals surface area (Å²) < 4.78 is 64.4. The van der Waals surface area contributed by atoms with Gasteiger partial charge in [-0.1, -0.05) is 18.2 Å². The first-order valence-electron chi connectivity index (χ1n) is 9.22. The highest BCUT2D eigenvalue weighted by Gasteiger charge is 2.31. The van der Waals surface area contributed by atoms with Crippen molar-refractivity contribution in [2.24, 2.45) is 0 Å². The third-order valence-electron chi connectivity index (χ3n) is 5.16. The van der Waals surface area contributed by atoms with E-state index in [1.807, 2.05) is 18.2 Å². The SMILES string of the molecule is COc1cc(C)c(S(=O)(=O)N2CCc3ccc(CCS(=O)(=O)O)cc3C2)c(C)c1. The summed E-state index contributed by atoms with van der Waals surface area (Å²) in [5.74, 6) is 0.254. The van der Waals surface area contributed by atoms with Gasteiger partial charge in [0.1, 0.15) is 5.75 Å². The minimum Gasteiger partial charge on any atom is -0.497 e. The third-order valence-corrected chi connectivity index (χ3v) is 8.04. The van der Waals surface area contributed by atoms with Crippen LogP contribution in [0.3, 0.4) is 0 Å². The van der Waals surface area contributed by atoms with Crippen LogP contribution in [0, 0.1) is 13.8 Å². The number of rotatable bonds is 6. The quantitative estimate of drug-likeness (QED) is 0.694. The number of fused-ring (bicyclic) bond motifs is 1. The van der Waals surface area contributed by atoms with Crippen LogP contribution < -0.4 is 4.74 Å². The second-order valence-corrected chi connectivity index (χ2v) is 10.8. The maximum atomic E-state index is 13.4. The zero-order valence-corrected chi connectivity index (χ0v) is 18.3. The Morgan fingerprint density at radius 2 is 1.69 bits per heavy atom. The Morgan fingerprint density at radius 3 is 2.28 bits per heavy atom. The number of hydrogen-bond donors (Lipinski definition) is 1. The molecule has 158 valence electrons. The molecule has 0 amide bonds. The van der Waals surface area contributed by atoms with Crippen LogP contribution in [-0.4, -0.2) is 45.1 Å². The molecule has 1 heterocycles. The lowest BCUT2D eigenvalue weighted by molar-refractivity contribution is 0.390. The predicted molar refractivity (Wildman–Crippen MR) is 110 cm³/mol. The van der Waals surface area contributed by atoms with E-state index in [0.29, 0.717) is 34.7 Å². The van der Waals surface area contributed by atoms with Gasteiger partial charge in [-0.15, -0.1) is 0 Å². The van der Waals surface area contributed by atoms with Gasteiger partial charge in [0.05, 0.1) is 17.8 Å². The third kappa shape index (κ3) is 4.80. The van der Waals surface area contributed by atoms with Crippen molar-refractivity contribution in [3.8, 4) is 5.75 Å². The molecule has 0 unspecified atom stereocenters. The van der Waals surface area contributed by atoms with Gasteiger partial charge in [-0.25, -0.2) is 8.42 Å². The Kier molecular flexibility index (Phi) is 6.05. The molecule has 0 spiro atoms. The van der Waals surface area contributed by atoms with Gasteiger partial charge < -0.3 is 4.74 Å². The van der Waals surface area contributed by atoms with Crippen LogP contribution in [0.4, 0.5) is 0 Å². The molecule has 0 atom stereocenters. The summed E-state index contributed by atoms with van der Waals surface area (Å²) >= 11 is 0.